The molecular formula is C12H14F3NO2. The molecule has 100 valence electrons. The molecule has 0 saturated heterocycles. The van der Waals surface area contributed by atoms with Crippen LogP contribution in [0.3, 0.4) is 0 Å². The molecule has 18 heavy (non-hydrogen) atoms. The second-order valence-electron chi connectivity index (χ2n) is 4.23. The van der Waals surface area contributed by atoms with Gasteiger partial charge in [-0.1, -0.05) is 0 Å². The zero-order valence-corrected chi connectivity index (χ0v) is 10.2. The summed E-state index contributed by atoms with van der Waals surface area (Å²) >= 11 is 0. The van der Waals surface area contributed by atoms with Gasteiger partial charge in [-0.15, -0.1) is 0 Å². The number of carboxylic acids is 1. The molecular weight excluding hydrogens is 247 g/mol. The van der Waals surface area contributed by atoms with Crippen molar-refractivity contribution in [1.82, 2.24) is 0 Å². The van der Waals surface area contributed by atoms with Gasteiger partial charge in [0, 0.05) is 19.8 Å². The zero-order chi connectivity index (χ0) is 14.1. The molecule has 1 aromatic rings. The summed E-state index contributed by atoms with van der Waals surface area (Å²) in [5.41, 5.74) is -0.212. The number of hydrogen-bond donors (Lipinski definition) is 1. The van der Waals surface area contributed by atoms with Crippen molar-refractivity contribution < 1.29 is 23.1 Å². The van der Waals surface area contributed by atoms with Crippen LogP contribution in [-0.4, -0.2) is 25.2 Å². The standard InChI is InChI=1S/C12H14F3NO2/c1-7(11(17)18)9-6-8(12(13,14)15)4-5-10(9)16(2)3/h4-7H,1-3H3,(H,17,18). The highest BCUT2D eigenvalue weighted by Gasteiger charge is 2.32. The molecule has 0 aliphatic carbocycles. The average molecular weight is 261 g/mol. The predicted octanol–water partition coefficient (Wildman–Crippen LogP) is 2.96. The lowest BCUT2D eigenvalue weighted by Crippen LogP contribution is -2.17. The summed E-state index contributed by atoms with van der Waals surface area (Å²) in [5.74, 6) is -2.15. The SMILES string of the molecule is CC(C(=O)O)c1cc(C(F)(F)F)ccc1N(C)C. The number of aliphatic carboxylic acids is 1. The smallest absolute Gasteiger partial charge is 0.416 e. The van der Waals surface area contributed by atoms with Crippen molar-refractivity contribution in [2.75, 3.05) is 19.0 Å². The summed E-state index contributed by atoms with van der Waals surface area (Å²) < 4.78 is 37.8. The molecule has 0 saturated carbocycles. The Balaban J connectivity index is 3.38. The highest BCUT2D eigenvalue weighted by Crippen LogP contribution is 2.35. The summed E-state index contributed by atoms with van der Waals surface area (Å²) in [6, 6.07) is 3.14. The topological polar surface area (TPSA) is 40.5 Å². The van der Waals surface area contributed by atoms with Crippen LogP contribution in [-0.2, 0) is 11.0 Å². The molecule has 1 N–H and O–H groups in total. The molecule has 1 aromatic carbocycles. The van der Waals surface area contributed by atoms with E-state index in [2.05, 4.69) is 0 Å². The van der Waals surface area contributed by atoms with Gasteiger partial charge in [-0.25, -0.2) is 0 Å². The first-order valence-electron chi connectivity index (χ1n) is 5.26. The molecule has 3 nitrogen and oxygen atoms in total. The Morgan fingerprint density at radius 3 is 2.28 bits per heavy atom. The number of carbonyl (C=O) groups is 1. The van der Waals surface area contributed by atoms with Crippen LogP contribution in [0.4, 0.5) is 18.9 Å². The third-order valence-electron chi connectivity index (χ3n) is 2.67. The summed E-state index contributed by atoms with van der Waals surface area (Å²) in [7, 11) is 3.31. The van der Waals surface area contributed by atoms with E-state index in [-0.39, 0.29) is 5.56 Å². The molecule has 1 rings (SSSR count). The van der Waals surface area contributed by atoms with Crippen molar-refractivity contribution in [1.29, 1.82) is 0 Å². The minimum absolute atomic E-state index is 0.155. The Morgan fingerprint density at radius 1 is 1.33 bits per heavy atom. The lowest BCUT2D eigenvalue weighted by Gasteiger charge is -2.21. The highest BCUT2D eigenvalue weighted by molar-refractivity contribution is 5.78. The largest absolute Gasteiger partial charge is 0.481 e. The second-order valence-corrected chi connectivity index (χ2v) is 4.23. The molecule has 0 spiro atoms. The molecule has 0 aliphatic heterocycles. The summed E-state index contributed by atoms with van der Waals surface area (Å²) in [6.07, 6.45) is -4.47. The van der Waals surface area contributed by atoms with Gasteiger partial charge >= 0.3 is 12.1 Å². The maximum Gasteiger partial charge on any atom is 0.416 e. The molecule has 1 unspecified atom stereocenters. The number of anilines is 1. The molecule has 0 aromatic heterocycles. The van der Waals surface area contributed by atoms with E-state index >= 15 is 0 Å². The molecule has 6 heteroatoms. The molecule has 0 fully saturated rings. The molecule has 1 atom stereocenters. The Hall–Kier alpha value is -1.72. The van der Waals surface area contributed by atoms with Gasteiger partial charge in [-0.3, -0.25) is 4.79 Å². The number of alkyl halides is 3. The fraction of sp³-hybridized carbons (Fsp3) is 0.417. The van der Waals surface area contributed by atoms with Crippen LogP contribution in [0, 0.1) is 0 Å². The van der Waals surface area contributed by atoms with Crippen LogP contribution in [0.2, 0.25) is 0 Å². The van der Waals surface area contributed by atoms with Gasteiger partial charge in [0.15, 0.2) is 0 Å². The third-order valence-corrected chi connectivity index (χ3v) is 2.67. The molecule has 0 bridgehead atoms. The molecule has 0 amide bonds. The number of hydrogen-bond acceptors (Lipinski definition) is 2. The van der Waals surface area contributed by atoms with Gasteiger partial charge in [0.2, 0.25) is 0 Å². The van der Waals surface area contributed by atoms with Gasteiger partial charge in [0.05, 0.1) is 11.5 Å². The van der Waals surface area contributed by atoms with Crippen LogP contribution in [0.5, 0.6) is 0 Å². The van der Waals surface area contributed by atoms with Gasteiger partial charge in [-0.2, -0.15) is 13.2 Å². The fourth-order valence-electron chi connectivity index (χ4n) is 1.62. The van der Waals surface area contributed by atoms with E-state index in [1.807, 2.05) is 0 Å². The first-order chi connectivity index (χ1) is 8.14. The van der Waals surface area contributed by atoms with Crippen LogP contribution < -0.4 is 4.90 Å². The number of nitrogens with zero attached hydrogens (tertiary/aromatic N) is 1. The van der Waals surface area contributed by atoms with Crippen LogP contribution in [0.1, 0.15) is 24.0 Å². The zero-order valence-electron chi connectivity index (χ0n) is 10.2. The normalized spacial score (nSPS) is 13.2. The van der Waals surface area contributed by atoms with Crippen molar-refractivity contribution in [2.24, 2.45) is 0 Å². The first kappa shape index (κ1) is 14.3. The van der Waals surface area contributed by atoms with E-state index in [9.17, 15) is 18.0 Å². The van der Waals surface area contributed by atoms with E-state index in [1.54, 1.807) is 19.0 Å². The van der Waals surface area contributed by atoms with E-state index in [0.717, 1.165) is 12.1 Å². The Morgan fingerprint density at radius 2 is 1.89 bits per heavy atom. The van der Waals surface area contributed by atoms with Crippen molar-refractivity contribution in [3.05, 3.63) is 29.3 Å². The van der Waals surface area contributed by atoms with Gasteiger partial charge in [-0.05, 0) is 30.7 Å². The highest BCUT2D eigenvalue weighted by atomic mass is 19.4. The summed E-state index contributed by atoms with van der Waals surface area (Å²) in [4.78, 5) is 12.5. The van der Waals surface area contributed by atoms with E-state index in [4.69, 9.17) is 5.11 Å². The van der Waals surface area contributed by atoms with Crippen LogP contribution >= 0.6 is 0 Å². The van der Waals surface area contributed by atoms with Crippen molar-refractivity contribution >= 4 is 11.7 Å². The minimum atomic E-state index is -4.47. The summed E-state index contributed by atoms with van der Waals surface area (Å²) in [5, 5.41) is 8.94. The van der Waals surface area contributed by atoms with E-state index in [1.165, 1.54) is 13.0 Å². The Labute approximate surface area is 103 Å². The Bertz CT molecular complexity index is 455. The van der Waals surface area contributed by atoms with Crippen molar-refractivity contribution in [2.45, 2.75) is 19.0 Å². The van der Waals surface area contributed by atoms with Crippen LogP contribution in [0.25, 0.3) is 0 Å². The Kier molecular flexibility index (Phi) is 3.88. The first-order valence-corrected chi connectivity index (χ1v) is 5.26. The number of rotatable bonds is 3. The minimum Gasteiger partial charge on any atom is -0.481 e. The fourth-order valence-corrected chi connectivity index (χ4v) is 1.62. The number of carboxylic acid groups (broad SMARTS) is 1. The summed E-state index contributed by atoms with van der Waals surface area (Å²) in [6.45, 7) is 1.37. The number of halogens is 3. The maximum atomic E-state index is 12.6. The van der Waals surface area contributed by atoms with Crippen molar-refractivity contribution in [3.8, 4) is 0 Å². The third kappa shape index (κ3) is 2.94. The van der Waals surface area contributed by atoms with E-state index in [0.29, 0.717) is 5.69 Å². The lowest BCUT2D eigenvalue weighted by atomic mass is 9.96. The van der Waals surface area contributed by atoms with Gasteiger partial charge in [0.1, 0.15) is 0 Å². The monoisotopic (exact) mass is 261 g/mol. The van der Waals surface area contributed by atoms with Crippen molar-refractivity contribution in [3.63, 3.8) is 0 Å². The average Bonchev–Trinajstić information content (AvgIpc) is 2.25. The van der Waals surface area contributed by atoms with Crippen LogP contribution in [0.15, 0.2) is 18.2 Å². The molecule has 0 radical (unpaired) electrons. The predicted molar refractivity (Wildman–Crippen MR) is 61.8 cm³/mol. The lowest BCUT2D eigenvalue weighted by molar-refractivity contribution is -0.139. The second kappa shape index (κ2) is 4.88. The van der Waals surface area contributed by atoms with Gasteiger partial charge in [0.25, 0.3) is 0 Å². The molecule has 0 heterocycles. The quantitative estimate of drug-likeness (QED) is 0.909. The number of benzene rings is 1. The van der Waals surface area contributed by atoms with Gasteiger partial charge < -0.3 is 10.0 Å². The maximum absolute atomic E-state index is 12.6. The van der Waals surface area contributed by atoms with E-state index < -0.39 is 23.6 Å². The molecule has 0 aliphatic rings.